The molecule has 0 heterocycles. The van der Waals surface area contributed by atoms with Crippen LogP contribution in [0.5, 0.6) is 0 Å². The average Bonchev–Trinajstić information content (AvgIpc) is 1.89. The first kappa shape index (κ1) is 11.3. The standard InChI is InChI=1S/C6H15NO2S2/c1-4-7(5-2)11(8,9)10-6-3/h4-6H2,1-3H3. The highest BCUT2D eigenvalue weighted by Crippen LogP contribution is 2.16. The highest BCUT2D eigenvalue weighted by Gasteiger charge is 2.17. The second-order valence-electron chi connectivity index (χ2n) is 1.95. The summed E-state index contributed by atoms with van der Waals surface area (Å²) in [5.41, 5.74) is 0. The third-order valence-corrected chi connectivity index (χ3v) is 5.20. The number of nitrogens with zero attached hydrogens (tertiary/aromatic N) is 1. The number of rotatable bonds is 5. The van der Waals surface area contributed by atoms with Crippen LogP contribution in [0.3, 0.4) is 0 Å². The highest BCUT2D eigenvalue weighted by molar-refractivity contribution is 8.71. The summed E-state index contributed by atoms with van der Waals surface area (Å²) in [6, 6.07) is 0. The van der Waals surface area contributed by atoms with Gasteiger partial charge < -0.3 is 0 Å². The zero-order valence-corrected chi connectivity index (χ0v) is 8.83. The summed E-state index contributed by atoms with van der Waals surface area (Å²) in [7, 11) is -2.03. The van der Waals surface area contributed by atoms with Gasteiger partial charge in [0.15, 0.2) is 0 Å². The summed E-state index contributed by atoms with van der Waals surface area (Å²) in [4.78, 5) is 0. The van der Waals surface area contributed by atoms with Crippen LogP contribution in [0.1, 0.15) is 20.8 Å². The Hall–Kier alpha value is 0.260. The topological polar surface area (TPSA) is 37.4 Å². The van der Waals surface area contributed by atoms with Crippen LogP contribution in [-0.2, 0) is 9.06 Å². The van der Waals surface area contributed by atoms with Gasteiger partial charge in [-0.05, 0) is 10.8 Å². The molecule has 3 nitrogen and oxygen atoms in total. The maximum absolute atomic E-state index is 11.3. The minimum Gasteiger partial charge on any atom is -0.200 e. The van der Waals surface area contributed by atoms with E-state index in [1.807, 2.05) is 20.8 Å². The van der Waals surface area contributed by atoms with E-state index in [1.165, 1.54) is 4.31 Å². The van der Waals surface area contributed by atoms with E-state index in [4.69, 9.17) is 0 Å². The van der Waals surface area contributed by atoms with Crippen molar-refractivity contribution < 1.29 is 8.42 Å². The lowest BCUT2D eigenvalue weighted by Crippen LogP contribution is -2.28. The molecule has 0 aliphatic heterocycles. The molecule has 0 radical (unpaired) electrons. The van der Waals surface area contributed by atoms with E-state index in [1.54, 1.807) is 0 Å². The van der Waals surface area contributed by atoms with Crippen LogP contribution in [0.2, 0.25) is 0 Å². The fourth-order valence-electron chi connectivity index (χ4n) is 0.763. The third kappa shape index (κ3) is 3.44. The van der Waals surface area contributed by atoms with E-state index in [2.05, 4.69) is 0 Å². The Balaban J connectivity index is 4.26. The fourth-order valence-corrected chi connectivity index (χ4v) is 3.82. The molecule has 0 aliphatic rings. The fraction of sp³-hybridized carbons (Fsp3) is 1.00. The Labute approximate surface area is 72.6 Å². The minimum atomic E-state index is -3.02. The van der Waals surface area contributed by atoms with E-state index in [-0.39, 0.29) is 0 Å². The van der Waals surface area contributed by atoms with Crippen LogP contribution < -0.4 is 0 Å². The van der Waals surface area contributed by atoms with Gasteiger partial charge in [-0.15, -0.1) is 0 Å². The molecule has 0 aliphatic carbocycles. The van der Waals surface area contributed by atoms with E-state index in [0.717, 1.165) is 10.8 Å². The lowest BCUT2D eigenvalue weighted by molar-refractivity contribution is 0.458. The Bertz CT molecular complexity index is 185. The predicted octanol–water partition coefficient (Wildman–Crippen LogP) is 1.33. The van der Waals surface area contributed by atoms with Crippen molar-refractivity contribution in [2.45, 2.75) is 20.8 Å². The van der Waals surface area contributed by atoms with Crippen molar-refractivity contribution in [1.29, 1.82) is 0 Å². The van der Waals surface area contributed by atoms with Gasteiger partial charge in [-0.2, -0.15) is 4.31 Å². The van der Waals surface area contributed by atoms with Crippen LogP contribution >= 0.6 is 10.8 Å². The maximum atomic E-state index is 11.3. The second kappa shape index (κ2) is 5.00. The number of hydrogen-bond donors (Lipinski definition) is 0. The average molecular weight is 197 g/mol. The second-order valence-corrected chi connectivity index (χ2v) is 6.10. The van der Waals surface area contributed by atoms with E-state index < -0.39 is 9.06 Å². The normalized spacial score (nSPS) is 12.4. The predicted molar refractivity (Wildman–Crippen MR) is 50.0 cm³/mol. The molecule has 0 aromatic carbocycles. The van der Waals surface area contributed by atoms with Crippen LogP contribution in [0.25, 0.3) is 0 Å². The van der Waals surface area contributed by atoms with E-state index >= 15 is 0 Å². The molecule has 0 saturated carbocycles. The molecule has 0 unspecified atom stereocenters. The Morgan fingerprint density at radius 3 is 1.91 bits per heavy atom. The summed E-state index contributed by atoms with van der Waals surface area (Å²) in [5.74, 6) is 0.610. The Morgan fingerprint density at radius 1 is 1.18 bits per heavy atom. The summed E-state index contributed by atoms with van der Waals surface area (Å²) in [6.45, 7) is 6.65. The lowest BCUT2D eigenvalue weighted by atomic mass is 10.7. The first-order valence-electron chi connectivity index (χ1n) is 3.73. The molecular formula is C6H15NO2S2. The summed E-state index contributed by atoms with van der Waals surface area (Å²) in [5, 5.41) is 0. The molecule has 0 atom stereocenters. The van der Waals surface area contributed by atoms with Gasteiger partial charge in [0.05, 0.1) is 0 Å². The summed E-state index contributed by atoms with van der Waals surface area (Å²) in [6.07, 6.45) is 0. The largest absolute Gasteiger partial charge is 0.267 e. The molecule has 0 aromatic heterocycles. The molecule has 68 valence electrons. The maximum Gasteiger partial charge on any atom is 0.267 e. The van der Waals surface area contributed by atoms with Gasteiger partial charge in [-0.3, -0.25) is 0 Å². The zero-order valence-electron chi connectivity index (χ0n) is 7.20. The van der Waals surface area contributed by atoms with Crippen LogP contribution in [0.4, 0.5) is 0 Å². The van der Waals surface area contributed by atoms with Gasteiger partial charge in [-0.1, -0.05) is 20.8 Å². The van der Waals surface area contributed by atoms with Gasteiger partial charge in [0.1, 0.15) is 0 Å². The van der Waals surface area contributed by atoms with Gasteiger partial charge in [0, 0.05) is 18.8 Å². The first-order valence-corrected chi connectivity index (χ1v) is 6.67. The summed E-state index contributed by atoms with van der Waals surface area (Å²) < 4.78 is 24.0. The third-order valence-electron chi connectivity index (χ3n) is 1.29. The van der Waals surface area contributed by atoms with E-state index in [0.29, 0.717) is 18.8 Å². The zero-order chi connectivity index (χ0) is 8.91. The smallest absolute Gasteiger partial charge is 0.200 e. The highest BCUT2D eigenvalue weighted by atomic mass is 33.1. The molecule has 0 rings (SSSR count). The monoisotopic (exact) mass is 197 g/mol. The Kier molecular flexibility index (Phi) is 5.12. The van der Waals surface area contributed by atoms with Crippen molar-refractivity contribution in [2.24, 2.45) is 0 Å². The van der Waals surface area contributed by atoms with Crippen LogP contribution in [0, 0.1) is 0 Å². The van der Waals surface area contributed by atoms with E-state index in [9.17, 15) is 8.42 Å². The molecule has 0 aromatic rings. The van der Waals surface area contributed by atoms with Crippen molar-refractivity contribution >= 4 is 19.8 Å². The molecule has 0 bridgehead atoms. The molecule has 0 amide bonds. The van der Waals surface area contributed by atoms with Crippen molar-refractivity contribution in [3.63, 3.8) is 0 Å². The van der Waals surface area contributed by atoms with Gasteiger partial charge in [0.2, 0.25) is 0 Å². The minimum absolute atomic E-state index is 0.561. The molecular weight excluding hydrogens is 182 g/mol. The SMILES string of the molecule is CCSS(=O)(=O)N(CC)CC. The molecule has 0 saturated heterocycles. The van der Waals surface area contributed by atoms with Gasteiger partial charge in [-0.25, -0.2) is 8.42 Å². The lowest BCUT2D eigenvalue weighted by Gasteiger charge is -2.16. The van der Waals surface area contributed by atoms with Gasteiger partial charge >= 0.3 is 0 Å². The van der Waals surface area contributed by atoms with Crippen LogP contribution in [0.15, 0.2) is 0 Å². The molecule has 0 spiro atoms. The van der Waals surface area contributed by atoms with Crippen LogP contribution in [-0.4, -0.2) is 31.6 Å². The summed E-state index contributed by atoms with van der Waals surface area (Å²) >= 11 is 0. The van der Waals surface area contributed by atoms with Crippen molar-refractivity contribution in [2.75, 3.05) is 18.8 Å². The molecule has 0 N–H and O–H groups in total. The quantitative estimate of drug-likeness (QED) is 0.624. The van der Waals surface area contributed by atoms with Crippen molar-refractivity contribution in [3.8, 4) is 0 Å². The molecule has 0 fully saturated rings. The molecule has 5 heteroatoms. The first-order chi connectivity index (χ1) is 5.08. The van der Waals surface area contributed by atoms with Crippen molar-refractivity contribution in [3.05, 3.63) is 0 Å². The Morgan fingerprint density at radius 2 is 1.64 bits per heavy atom. The van der Waals surface area contributed by atoms with Crippen molar-refractivity contribution in [1.82, 2.24) is 4.31 Å². The molecule has 11 heavy (non-hydrogen) atoms. The van der Waals surface area contributed by atoms with Gasteiger partial charge in [0.25, 0.3) is 9.06 Å². The number of hydrogen-bond acceptors (Lipinski definition) is 3.